The summed E-state index contributed by atoms with van der Waals surface area (Å²) in [7, 11) is 0.484. The molecule has 1 unspecified atom stereocenters. The Morgan fingerprint density at radius 1 is 1.10 bits per heavy atom. The summed E-state index contributed by atoms with van der Waals surface area (Å²) in [4.78, 5) is 0. The molecule has 0 fully saturated rings. The van der Waals surface area contributed by atoms with E-state index >= 15 is 0 Å². The highest BCUT2D eigenvalue weighted by molar-refractivity contribution is 6.75. The summed E-state index contributed by atoms with van der Waals surface area (Å²) in [6.45, 7) is 5.12. The van der Waals surface area contributed by atoms with Crippen LogP contribution in [-0.2, 0) is 13.3 Å². The number of hydrogen-bond acceptors (Lipinski definition) is 4. The molecule has 4 nitrogen and oxygen atoms in total. The normalized spacial score (nSPS) is 13.4. The third kappa shape index (κ3) is 4.68. The van der Waals surface area contributed by atoms with Crippen LogP contribution in [0.1, 0.15) is 33.1 Å². The molecule has 0 bridgehead atoms. The standard InChI is InChI=1S/C15H27NO3Si/c1-5-7-13-15(16-6-2)19-20(17-3,18-4)14-11-9-8-10-12-14/h8-12,15-16H,5-7,13H2,1-4H3. The molecule has 0 saturated carbocycles. The summed E-state index contributed by atoms with van der Waals surface area (Å²) >= 11 is 0. The molecule has 5 heteroatoms. The van der Waals surface area contributed by atoms with Gasteiger partial charge in [-0.3, -0.25) is 5.32 Å². The maximum atomic E-state index is 6.25. The Labute approximate surface area is 123 Å². The second kappa shape index (κ2) is 9.26. The van der Waals surface area contributed by atoms with E-state index in [4.69, 9.17) is 13.3 Å². The lowest BCUT2D eigenvalue weighted by Gasteiger charge is -2.31. The molecule has 0 aromatic heterocycles. The van der Waals surface area contributed by atoms with Crippen LogP contribution in [0.4, 0.5) is 0 Å². The number of unbranched alkanes of at least 4 members (excludes halogenated alkanes) is 1. The first-order valence-electron chi connectivity index (χ1n) is 7.29. The van der Waals surface area contributed by atoms with E-state index in [1.54, 1.807) is 14.2 Å². The molecule has 0 aliphatic heterocycles. The van der Waals surface area contributed by atoms with Gasteiger partial charge in [-0.2, -0.15) is 0 Å². The summed E-state index contributed by atoms with van der Waals surface area (Å²) in [6.07, 6.45) is 3.18. The SMILES string of the molecule is CCCCC(NCC)O[Si](OC)(OC)c1ccccc1. The van der Waals surface area contributed by atoms with Crippen LogP contribution < -0.4 is 10.5 Å². The van der Waals surface area contributed by atoms with Crippen molar-refractivity contribution in [3.63, 3.8) is 0 Å². The van der Waals surface area contributed by atoms with E-state index in [-0.39, 0.29) is 6.23 Å². The highest BCUT2D eigenvalue weighted by Gasteiger charge is 2.43. The first-order valence-corrected chi connectivity index (χ1v) is 9.01. The van der Waals surface area contributed by atoms with Crippen molar-refractivity contribution in [1.82, 2.24) is 5.32 Å². The van der Waals surface area contributed by atoms with Crippen LogP contribution in [-0.4, -0.2) is 35.8 Å². The van der Waals surface area contributed by atoms with E-state index in [2.05, 4.69) is 19.2 Å². The number of nitrogens with one attached hydrogen (secondary N) is 1. The minimum Gasteiger partial charge on any atom is -0.373 e. The first-order chi connectivity index (χ1) is 9.72. The Bertz CT molecular complexity index is 357. The van der Waals surface area contributed by atoms with Gasteiger partial charge in [-0.05, 0) is 19.4 Å². The van der Waals surface area contributed by atoms with E-state index < -0.39 is 8.80 Å². The van der Waals surface area contributed by atoms with E-state index in [1.807, 2.05) is 30.3 Å². The van der Waals surface area contributed by atoms with Crippen molar-refractivity contribution in [2.45, 2.75) is 39.3 Å². The maximum absolute atomic E-state index is 6.25. The minimum atomic E-state index is -2.83. The monoisotopic (exact) mass is 297 g/mol. The molecule has 0 heterocycles. The molecule has 0 amide bonds. The second-order valence-electron chi connectivity index (χ2n) is 4.64. The van der Waals surface area contributed by atoms with Crippen LogP contribution in [0.5, 0.6) is 0 Å². The zero-order valence-electron chi connectivity index (χ0n) is 13.0. The van der Waals surface area contributed by atoms with Gasteiger partial charge in [0.25, 0.3) is 0 Å². The van der Waals surface area contributed by atoms with Gasteiger partial charge in [0.2, 0.25) is 0 Å². The Morgan fingerprint density at radius 2 is 1.75 bits per heavy atom. The second-order valence-corrected chi connectivity index (χ2v) is 7.38. The minimum absolute atomic E-state index is 0.0354. The highest BCUT2D eigenvalue weighted by Crippen LogP contribution is 2.14. The van der Waals surface area contributed by atoms with Gasteiger partial charge in [-0.15, -0.1) is 0 Å². The van der Waals surface area contributed by atoms with Crippen LogP contribution in [0.2, 0.25) is 0 Å². The molecule has 0 spiro atoms. The van der Waals surface area contributed by atoms with Crippen molar-refractivity contribution in [3.8, 4) is 0 Å². The van der Waals surface area contributed by atoms with Crippen LogP contribution in [0.15, 0.2) is 30.3 Å². The Hall–Kier alpha value is -0.723. The fraction of sp³-hybridized carbons (Fsp3) is 0.600. The molecule has 0 aliphatic rings. The highest BCUT2D eigenvalue weighted by atomic mass is 28.4. The Kier molecular flexibility index (Phi) is 8.02. The first kappa shape index (κ1) is 17.3. The topological polar surface area (TPSA) is 39.7 Å². The lowest BCUT2D eigenvalue weighted by molar-refractivity contribution is 0.0462. The van der Waals surface area contributed by atoms with Gasteiger partial charge in [-0.1, -0.05) is 50.6 Å². The fourth-order valence-electron chi connectivity index (χ4n) is 2.13. The molecule has 1 aromatic rings. The fourth-order valence-corrected chi connectivity index (χ4v) is 4.28. The van der Waals surface area contributed by atoms with Crippen molar-refractivity contribution in [1.29, 1.82) is 0 Å². The third-order valence-corrected chi connectivity index (χ3v) is 5.92. The predicted molar refractivity (Wildman–Crippen MR) is 83.9 cm³/mol. The molecule has 1 N–H and O–H groups in total. The van der Waals surface area contributed by atoms with Gasteiger partial charge in [0, 0.05) is 19.4 Å². The number of hydrogen-bond donors (Lipinski definition) is 1. The molecule has 0 saturated heterocycles. The molecular weight excluding hydrogens is 270 g/mol. The van der Waals surface area contributed by atoms with Crippen molar-refractivity contribution in [3.05, 3.63) is 30.3 Å². The zero-order valence-corrected chi connectivity index (χ0v) is 14.0. The summed E-state index contributed by atoms with van der Waals surface area (Å²) in [5, 5.41) is 4.35. The van der Waals surface area contributed by atoms with Crippen LogP contribution in [0, 0.1) is 0 Å². The summed E-state index contributed by atoms with van der Waals surface area (Å²) in [5.41, 5.74) is 0. The maximum Gasteiger partial charge on any atom is 0.537 e. The van der Waals surface area contributed by atoms with Crippen molar-refractivity contribution >= 4 is 14.0 Å². The Balaban J connectivity index is 2.88. The molecule has 114 valence electrons. The van der Waals surface area contributed by atoms with E-state index in [0.29, 0.717) is 0 Å². The number of rotatable bonds is 10. The average molecular weight is 297 g/mol. The summed E-state index contributed by atoms with van der Waals surface area (Å²) in [5.74, 6) is 0. The van der Waals surface area contributed by atoms with Crippen molar-refractivity contribution in [2.75, 3.05) is 20.8 Å². The third-order valence-electron chi connectivity index (χ3n) is 3.21. The smallest absolute Gasteiger partial charge is 0.373 e. The van der Waals surface area contributed by atoms with Crippen LogP contribution in [0.25, 0.3) is 0 Å². The molecule has 0 radical (unpaired) electrons. The van der Waals surface area contributed by atoms with Gasteiger partial charge in [0.05, 0.1) is 0 Å². The lowest BCUT2D eigenvalue weighted by Crippen LogP contribution is -2.59. The molecule has 1 atom stereocenters. The molecule has 1 rings (SSSR count). The predicted octanol–water partition coefficient (Wildman–Crippen LogP) is 2.27. The molecule has 1 aromatic carbocycles. The van der Waals surface area contributed by atoms with Gasteiger partial charge < -0.3 is 13.3 Å². The van der Waals surface area contributed by atoms with Gasteiger partial charge >= 0.3 is 8.80 Å². The summed E-state index contributed by atoms with van der Waals surface area (Å²) < 4.78 is 17.6. The zero-order chi connectivity index (χ0) is 14.8. The average Bonchev–Trinajstić information content (AvgIpc) is 2.51. The van der Waals surface area contributed by atoms with Gasteiger partial charge in [0.1, 0.15) is 6.23 Å². The van der Waals surface area contributed by atoms with Crippen molar-refractivity contribution in [2.24, 2.45) is 0 Å². The van der Waals surface area contributed by atoms with Crippen LogP contribution >= 0.6 is 0 Å². The van der Waals surface area contributed by atoms with E-state index in [1.165, 1.54) is 0 Å². The lowest BCUT2D eigenvalue weighted by atomic mass is 10.2. The van der Waals surface area contributed by atoms with Crippen LogP contribution in [0.3, 0.4) is 0 Å². The number of benzene rings is 1. The van der Waals surface area contributed by atoms with E-state index in [0.717, 1.165) is 31.0 Å². The molecular formula is C15H27NO3Si. The summed E-state index contributed by atoms with van der Waals surface area (Å²) in [6, 6.07) is 9.94. The van der Waals surface area contributed by atoms with Crippen molar-refractivity contribution < 1.29 is 13.3 Å². The quantitative estimate of drug-likeness (QED) is 0.531. The molecule has 0 aliphatic carbocycles. The van der Waals surface area contributed by atoms with E-state index in [9.17, 15) is 0 Å². The van der Waals surface area contributed by atoms with Gasteiger partial charge in [-0.25, -0.2) is 0 Å². The molecule has 20 heavy (non-hydrogen) atoms. The largest absolute Gasteiger partial charge is 0.537 e. The van der Waals surface area contributed by atoms with Gasteiger partial charge in [0.15, 0.2) is 0 Å². The Morgan fingerprint density at radius 3 is 2.25 bits per heavy atom.